The van der Waals surface area contributed by atoms with E-state index in [1.807, 2.05) is 36.4 Å². The van der Waals surface area contributed by atoms with Crippen LogP contribution in [0.4, 0.5) is 10.3 Å². The first-order chi connectivity index (χ1) is 28.6. The van der Waals surface area contributed by atoms with Gasteiger partial charge in [0.15, 0.2) is 44.8 Å². The molecule has 6 rings (SSSR count). The molecule has 0 unspecified atom stereocenters. The van der Waals surface area contributed by atoms with Gasteiger partial charge in [-0.05, 0) is 83.9 Å². The number of rotatable bonds is 20. The smallest absolute Gasteiger partial charge is 0.313 e. The van der Waals surface area contributed by atoms with Crippen molar-refractivity contribution in [2.45, 2.75) is 19.3 Å². The van der Waals surface area contributed by atoms with Crippen molar-refractivity contribution in [3.8, 4) is 34.5 Å². The van der Waals surface area contributed by atoms with Gasteiger partial charge in [0.2, 0.25) is 0 Å². The SMILES string of the molecule is COc1ccc2nc(NCCC(=O)Oc3ccc(/C=C/C(=O)CC(=O)/C=C/c4ccc(OC(=O)CCNc5nc6ccc(OC)cc6s5)c(OC)c4)cc3OC)sc2c1. The van der Waals surface area contributed by atoms with Crippen LogP contribution < -0.4 is 39.1 Å². The Morgan fingerprint density at radius 2 is 1.00 bits per heavy atom. The summed E-state index contributed by atoms with van der Waals surface area (Å²) < 4.78 is 34.3. The third-order valence-corrected chi connectivity index (χ3v) is 10.4. The van der Waals surface area contributed by atoms with Crippen LogP contribution in [0, 0.1) is 0 Å². The average Bonchev–Trinajstić information content (AvgIpc) is 3.85. The van der Waals surface area contributed by atoms with Crippen molar-refractivity contribution in [2.75, 3.05) is 52.2 Å². The van der Waals surface area contributed by atoms with Crippen LogP contribution in [0.15, 0.2) is 84.9 Å². The van der Waals surface area contributed by atoms with Crippen molar-refractivity contribution in [2.24, 2.45) is 0 Å². The van der Waals surface area contributed by atoms with E-state index < -0.39 is 23.5 Å². The highest BCUT2D eigenvalue weighted by molar-refractivity contribution is 7.22. The summed E-state index contributed by atoms with van der Waals surface area (Å²) in [7, 11) is 6.10. The lowest BCUT2D eigenvalue weighted by atomic mass is 10.1. The lowest BCUT2D eigenvalue weighted by molar-refractivity contribution is -0.135. The fourth-order valence-electron chi connectivity index (χ4n) is 5.52. The van der Waals surface area contributed by atoms with E-state index in [2.05, 4.69) is 20.6 Å². The molecule has 2 aromatic heterocycles. The molecule has 6 aromatic rings. The van der Waals surface area contributed by atoms with Gasteiger partial charge in [0, 0.05) is 13.1 Å². The predicted octanol–water partition coefficient (Wildman–Crippen LogP) is 8.01. The van der Waals surface area contributed by atoms with Gasteiger partial charge in [-0.15, -0.1) is 0 Å². The van der Waals surface area contributed by atoms with Gasteiger partial charge < -0.3 is 39.1 Å². The molecule has 2 heterocycles. The fourth-order valence-corrected chi connectivity index (χ4v) is 7.36. The van der Waals surface area contributed by atoms with Crippen LogP contribution in [0.5, 0.6) is 34.5 Å². The maximum absolute atomic E-state index is 12.6. The average molecular weight is 837 g/mol. The number of thiazole rings is 2. The minimum absolute atomic E-state index is 0.0818. The van der Waals surface area contributed by atoms with E-state index in [1.54, 1.807) is 62.8 Å². The van der Waals surface area contributed by atoms with Crippen LogP contribution in [0.1, 0.15) is 30.4 Å². The number of fused-ring (bicyclic) bond motifs is 2. The van der Waals surface area contributed by atoms with E-state index in [-0.39, 0.29) is 30.8 Å². The zero-order chi connectivity index (χ0) is 41.7. The van der Waals surface area contributed by atoms with E-state index in [0.717, 1.165) is 31.9 Å². The molecule has 0 bridgehead atoms. The zero-order valence-electron chi connectivity index (χ0n) is 32.6. The van der Waals surface area contributed by atoms with Gasteiger partial charge in [0.25, 0.3) is 0 Å². The molecule has 0 atom stereocenters. The number of benzene rings is 4. The van der Waals surface area contributed by atoms with Crippen LogP contribution in [0.2, 0.25) is 0 Å². The molecule has 0 saturated carbocycles. The first kappa shape index (κ1) is 41.8. The molecule has 0 aliphatic carbocycles. The normalized spacial score (nSPS) is 11.2. The Bertz CT molecular complexity index is 2370. The Morgan fingerprint density at radius 3 is 1.41 bits per heavy atom. The highest BCUT2D eigenvalue weighted by Gasteiger charge is 2.14. The zero-order valence-corrected chi connectivity index (χ0v) is 34.2. The van der Waals surface area contributed by atoms with E-state index >= 15 is 0 Å². The largest absolute Gasteiger partial charge is 0.497 e. The first-order valence-electron chi connectivity index (χ1n) is 18.2. The maximum atomic E-state index is 12.6. The van der Waals surface area contributed by atoms with Crippen molar-refractivity contribution in [1.82, 2.24) is 9.97 Å². The summed E-state index contributed by atoms with van der Waals surface area (Å²) in [5.41, 5.74) is 2.87. The van der Waals surface area contributed by atoms with Crippen molar-refractivity contribution in [1.29, 1.82) is 0 Å². The molecule has 304 valence electrons. The Kier molecular flexibility index (Phi) is 14.2. The van der Waals surface area contributed by atoms with Crippen LogP contribution in [-0.2, 0) is 19.2 Å². The highest BCUT2D eigenvalue weighted by atomic mass is 32.1. The molecule has 0 aliphatic rings. The first-order valence-corrected chi connectivity index (χ1v) is 19.8. The van der Waals surface area contributed by atoms with E-state index in [9.17, 15) is 19.2 Å². The van der Waals surface area contributed by atoms with Gasteiger partial charge in [-0.2, -0.15) is 0 Å². The standard InChI is InChI=1S/C43H40N4O10S2/c1-52-30-11-13-32-38(24-30)58-42(46-32)44-19-17-40(50)56-34-15-7-26(21-36(34)54-3)5-9-28(48)23-29(49)10-6-27-8-16-35(37(22-27)55-4)57-41(51)18-20-45-43-47-33-14-12-31(53-2)25-39(33)59-43/h5-16,21-22,24-25H,17-20,23H2,1-4H3,(H,44,46)(H,45,47)/b9-5+,10-6+. The van der Waals surface area contributed by atoms with Gasteiger partial charge in [-0.1, -0.05) is 47.0 Å². The predicted molar refractivity (Wildman–Crippen MR) is 229 cm³/mol. The number of hydrogen-bond acceptors (Lipinski definition) is 16. The summed E-state index contributed by atoms with van der Waals surface area (Å²) in [6, 6.07) is 21.0. The Hall–Kier alpha value is -6.78. The lowest BCUT2D eigenvalue weighted by Crippen LogP contribution is -2.14. The number of allylic oxidation sites excluding steroid dienone is 2. The summed E-state index contributed by atoms with van der Waals surface area (Å²) in [5.74, 6) is 0.791. The number of nitrogens with one attached hydrogen (secondary N) is 2. The molecular weight excluding hydrogens is 797 g/mol. The quantitative estimate of drug-likeness (QED) is 0.0328. The van der Waals surface area contributed by atoms with Crippen molar-refractivity contribution in [3.63, 3.8) is 0 Å². The molecule has 0 amide bonds. The second kappa shape index (κ2) is 20.1. The van der Waals surface area contributed by atoms with Crippen molar-refractivity contribution >= 4 is 89.0 Å². The topological polar surface area (TPSA) is 173 Å². The molecule has 0 saturated heterocycles. The second-order valence-corrected chi connectivity index (χ2v) is 14.7. The summed E-state index contributed by atoms with van der Waals surface area (Å²) in [6.45, 7) is 0.632. The molecular formula is C43H40N4O10S2. The van der Waals surface area contributed by atoms with Gasteiger partial charge in [0.1, 0.15) is 11.5 Å². The maximum Gasteiger partial charge on any atom is 0.313 e. The minimum atomic E-state index is -0.468. The van der Waals surface area contributed by atoms with Gasteiger partial charge >= 0.3 is 11.9 Å². The molecule has 4 aromatic carbocycles. The number of hydrogen-bond donors (Lipinski definition) is 2. The van der Waals surface area contributed by atoms with Crippen LogP contribution in [-0.4, -0.2) is 75.0 Å². The van der Waals surface area contributed by atoms with Gasteiger partial charge in [0.05, 0.1) is 68.1 Å². The minimum Gasteiger partial charge on any atom is -0.497 e. The van der Waals surface area contributed by atoms with E-state index in [0.29, 0.717) is 46.0 Å². The Labute approximate surface area is 347 Å². The van der Waals surface area contributed by atoms with Crippen molar-refractivity contribution < 1.29 is 47.6 Å². The molecule has 0 fully saturated rings. The molecule has 0 spiro atoms. The summed E-state index contributed by atoms with van der Waals surface area (Å²) in [5, 5.41) is 7.66. The molecule has 16 heteroatoms. The molecule has 2 N–H and O–H groups in total. The molecule has 0 aliphatic heterocycles. The van der Waals surface area contributed by atoms with E-state index in [4.69, 9.17) is 28.4 Å². The number of methoxy groups -OCH3 is 4. The number of carbonyl (C=O) groups excluding carboxylic acids is 4. The Balaban J connectivity index is 0.931. The number of ether oxygens (including phenoxy) is 6. The van der Waals surface area contributed by atoms with Gasteiger partial charge in [-0.3, -0.25) is 19.2 Å². The van der Waals surface area contributed by atoms with Crippen LogP contribution in [0.25, 0.3) is 32.6 Å². The third-order valence-electron chi connectivity index (χ3n) is 8.50. The summed E-state index contributed by atoms with van der Waals surface area (Å²) >= 11 is 2.92. The second-order valence-electron chi connectivity index (χ2n) is 12.6. The Morgan fingerprint density at radius 1 is 0.559 bits per heavy atom. The number of anilines is 2. The number of carbonyl (C=O) groups is 4. The molecule has 59 heavy (non-hydrogen) atoms. The fraction of sp³-hybridized carbons (Fsp3) is 0.209. The number of aromatic nitrogens is 2. The lowest BCUT2D eigenvalue weighted by Gasteiger charge is -2.10. The highest BCUT2D eigenvalue weighted by Crippen LogP contribution is 2.32. The monoisotopic (exact) mass is 836 g/mol. The summed E-state index contributed by atoms with van der Waals surface area (Å²) in [4.78, 5) is 59.4. The van der Waals surface area contributed by atoms with Crippen LogP contribution in [0.3, 0.4) is 0 Å². The van der Waals surface area contributed by atoms with Crippen molar-refractivity contribution in [3.05, 3.63) is 96.1 Å². The number of nitrogens with zero attached hydrogens (tertiary/aromatic N) is 2. The number of ketones is 2. The van der Waals surface area contributed by atoms with E-state index in [1.165, 1.54) is 49.0 Å². The summed E-state index contributed by atoms with van der Waals surface area (Å²) in [6.07, 6.45) is 5.50. The molecule has 14 nitrogen and oxygen atoms in total. The van der Waals surface area contributed by atoms with Gasteiger partial charge in [-0.25, -0.2) is 9.97 Å². The third kappa shape index (κ3) is 11.6. The van der Waals surface area contributed by atoms with Crippen LogP contribution >= 0.6 is 22.7 Å². The number of esters is 2. The molecule has 0 radical (unpaired) electrons.